The summed E-state index contributed by atoms with van der Waals surface area (Å²) in [6.45, 7) is 5.11. The van der Waals surface area contributed by atoms with Crippen LogP contribution < -0.4 is 15.5 Å². The van der Waals surface area contributed by atoms with E-state index in [1.165, 1.54) is 6.07 Å². The molecule has 1 aliphatic heterocycles. The molecule has 1 aliphatic rings. The molecule has 2 aromatic carbocycles. The third-order valence-electron chi connectivity index (χ3n) is 5.00. The summed E-state index contributed by atoms with van der Waals surface area (Å²) in [6.07, 6.45) is 1.49. The van der Waals surface area contributed by atoms with Gasteiger partial charge in [0.05, 0.1) is 10.0 Å². The van der Waals surface area contributed by atoms with Crippen molar-refractivity contribution in [2.75, 3.05) is 36.4 Å². The quantitative estimate of drug-likeness (QED) is 0.616. The van der Waals surface area contributed by atoms with Crippen molar-refractivity contribution in [3.63, 3.8) is 0 Å². The average Bonchev–Trinajstić information content (AvgIpc) is 2.76. The van der Waals surface area contributed by atoms with E-state index in [4.69, 9.17) is 35.4 Å². The molecule has 2 amide bonds. The van der Waals surface area contributed by atoms with E-state index in [9.17, 15) is 9.59 Å². The molecule has 0 bridgehead atoms. The van der Waals surface area contributed by atoms with E-state index in [1.54, 1.807) is 12.1 Å². The van der Waals surface area contributed by atoms with Crippen LogP contribution in [0.2, 0.25) is 10.0 Å². The van der Waals surface area contributed by atoms with Crippen molar-refractivity contribution in [2.45, 2.75) is 19.8 Å². The van der Waals surface area contributed by atoms with Gasteiger partial charge in [0.25, 0.3) is 5.91 Å². The Hall–Kier alpha value is -2.35. The number of thiocarbonyl (C=S) groups is 1. The van der Waals surface area contributed by atoms with E-state index in [0.717, 1.165) is 44.0 Å². The molecule has 0 unspecified atom stereocenters. The summed E-state index contributed by atoms with van der Waals surface area (Å²) in [4.78, 5) is 28.5. The van der Waals surface area contributed by atoms with Crippen molar-refractivity contribution >= 4 is 63.7 Å². The Bertz CT molecular complexity index is 960. The minimum absolute atomic E-state index is 0.187. The van der Waals surface area contributed by atoms with E-state index >= 15 is 0 Å². The molecule has 1 heterocycles. The van der Waals surface area contributed by atoms with Crippen LogP contribution in [0.5, 0.6) is 0 Å². The highest BCUT2D eigenvalue weighted by Crippen LogP contribution is 2.23. The van der Waals surface area contributed by atoms with Crippen LogP contribution in [-0.2, 0) is 4.79 Å². The number of carbonyl (C=O) groups excluding carboxylic acids is 2. The minimum atomic E-state index is -0.372. The number of benzene rings is 2. The van der Waals surface area contributed by atoms with Crippen molar-refractivity contribution < 1.29 is 9.59 Å². The Morgan fingerprint density at radius 1 is 1.00 bits per heavy atom. The SMILES string of the molecule is CCCC(=O)N1CCN(c2ccc(NC(=S)NC(=O)c3ccc(Cl)c(Cl)c3)cc2)CC1. The van der Waals surface area contributed by atoms with Crippen LogP contribution >= 0.6 is 35.4 Å². The molecule has 0 spiro atoms. The number of anilines is 2. The van der Waals surface area contributed by atoms with Crippen LogP contribution in [0, 0.1) is 0 Å². The van der Waals surface area contributed by atoms with E-state index in [2.05, 4.69) is 15.5 Å². The normalized spacial score (nSPS) is 13.6. The standard InChI is InChI=1S/C22H24Cl2N4O2S/c1-2-3-20(29)28-12-10-27(11-13-28)17-7-5-16(6-8-17)25-22(31)26-21(30)15-4-9-18(23)19(24)14-15/h4-9,14H,2-3,10-13H2,1H3,(H2,25,26,30,31). The Morgan fingerprint density at radius 3 is 2.29 bits per heavy atom. The second kappa shape index (κ2) is 10.8. The molecule has 9 heteroatoms. The topological polar surface area (TPSA) is 64.7 Å². The Morgan fingerprint density at radius 2 is 1.68 bits per heavy atom. The molecular formula is C22H24Cl2N4O2S. The number of nitrogens with zero attached hydrogens (tertiary/aromatic N) is 2. The van der Waals surface area contributed by atoms with Gasteiger partial charge < -0.3 is 15.1 Å². The zero-order valence-corrected chi connectivity index (χ0v) is 19.5. The molecule has 0 radical (unpaired) electrons. The lowest BCUT2D eigenvalue weighted by molar-refractivity contribution is -0.131. The van der Waals surface area contributed by atoms with Gasteiger partial charge >= 0.3 is 0 Å². The fourth-order valence-electron chi connectivity index (χ4n) is 3.32. The molecule has 0 saturated carbocycles. The molecule has 0 atom stereocenters. The molecule has 1 saturated heterocycles. The molecule has 1 fully saturated rings. The first-order valence-electron chi connectivity index (χ1n) is 10.1. The summed E-state index contributed by atoms with van der Waals surface area (Å²) in [5.41, 5.74) is 2.21. The predicted molar refractivity (Wildman–Crippen MR) is 130 cm³/mol. The Labute approximate surface area is 197 Å². The maximum Gasteiger partial charge on any atom is 0.257 e. The highest BCUT2D eigenvalue weighted by Gasteiger charge is 2.20. The summed E-state index contributed by atoms with van der Waals surface area (Å²) in [7, 11) is 0. The van der Waals surface area contributed by atoms with Crippen molar-refractivity contribution in [2.24, 2.45) is 0 Å². The zero-order chi connectivity index (χ0) is 22.4. The van der Waals surface area contributed by atoms with Gasteiger partial charge in [-0.15, -0.1) is 0 Å². The van der Waals surface area contributed by atoms with Gasteiger partial charge in [-0.05, 0) is 61.1 Å². The van der Waals surface area contributed by atoms with Gasteiger partial charge in [0.15, 0.2) is 5.11 Å². The fourth-order valence-corrected chi connectivity index (χ4v) is 3.83. The molecule has 164 valence electrons. The van der Waals surface area contributed by atoms with Crippen LogP contribution in [0.25, 0.3) is 0 Å². The summed E-state index contributed by atoms with van der Waals surface area (Å²) in [5, 5.41) is 6.50. The predicted octanol–water partition coefficient (Wildman–Crippen LogP) is 4.57. The number of hydrogen-bond acceptors (Lipinski definition) is 4. The zero-order valence-electron chi connectivity index (χ0n) is 17.2. The van der Waals surface area contributed by atoms with E-state index < -0.39 is 0 Å². The Kier molecular flexibility index (Phi) is 8.12. The van der Waals surface area contributed by atoms with Crippen LogP contribution in [-0.4, -0.2) is 48.0 Å². The van der Waals surface area contributed by atoms with Crippen molar-refractivity contribution in [1.82, 2.24) is 10.2 Å². The van der Waals surface area contributed by atoms with E-state index in [1.807, 2.05) is 36.1 Å². The monoisotopic (exact) mass is 478 g/mol. The first kappa shape index (κ1) is 23.3. The first-order chi connectivity index (χ1) is 14.9. The molecule has 2 aromatic rings. The molecule has 6 nitrogen and oxygen atoms in total. The number of nitrogens with one attached hydrogen (secondary N) is 2. The fraction of sp³-hybridized carbons (Fsp3) is 0.318. The molecule has 2 N–H and O–H groups in total. The number of hydrogen-bond donors (Lipinski definition) is 2. The van der Waals surface area contributed by atoms with Crippen LogP contribution in [0.1, 0.15) is 30.1 Å². The van der Waals surface area contributed by atoms with Crippen LogP contribution in [0.3, 0.4) is 0 Å². The van der Waals surface area contributed by atoms with Crippen molar-refractivity contribution in [3.8, 4) is 0 Å². The van der Waals surface area contributed by atoms with Gasteiger partial charge in [0.2, 0.25) is 5.91 Å². The number of piperazine rings is 1. The van der Waals surface area contributed by atoms with Gasteiger partial charge in [0, 0.05) is 49.5 Å². The van der Waals surface area contributed by atoms with Gasteiger partial charge in [0.1, 0.15) is 0 Å². The summed E-state index contributed by atoms with van der Waals surface area (Å²) < 4.78 is 0. The van der Waals surface area contributed by atoms with E-state index in [-0.39, 0.29) is 16.9 Å². The second-order valence-corrected chi connectivity index (χ2v) is 8.42. The van der Waals surface area contributed by atoms with Gasteiger partial charge in [-0.3, -0.25) is 14.9 Å². The van der Waals surface area contributed by atoms with E-state index in [0.29, 0.717) is 22.0 Å². The lowest BCUT2D eigenvalue weighted by Gasteiger charge is -2.36. The second-order valence-electron chi connectivity index (χ2n) is 7.20. The highest BCUT2D eigenvalue weighted by atomic mass is 35.5. The summed E-state index contributed by atoms with van der Waals surface area (Å²) in [6, 6.07) is 12.4. The molecule has 31 heavy (non-hydrogen) atoms. The molecule has 3 rings (SSSR count). The largest absolute Gasteiger partial charge is 0.368 e. The molecular weight excluding hydrogens is 455 g/mol. The number of rotatable bonds is 5. The van der Waals surface area contributed by atoms with Gasteiger partial charge in [-0.1, -0.05) is 30.1 Å². The third kappa shape index (κ3) is 6.32. The third-order valence-corrected chi connectivity index (χ3v) is 5.94. The Balaban J connectivity index is 1.51. The minimum Gasteiger partial charge on any atom is -0.368 e. The average molecular weight is 479 g/mol. The van der Waals surface area contributed by atoms with Crippen molar-refractivity contribution in [1.29, 1.82) is 0 Å². The smallest absolute Gasteiger partial charge is 0.257 e. The number of halogens is 2. The number of carbonyl (C=O) groups is 2. The maximum absolute atomic E-state index is 12.3. The lowest BCUT2D eigenvalue weighted by Crippen LogP contribution is -2.48. The first-order valence-corrected chi connectivity index (χ1v) is 11.2. The summed E-state index contributed by atoms with van der Waals surface area (Å²) in [5.74, 6) is -0.138. The van der Waals surface area contributed by atoms with Gasteiger partial charge in [-0.25, -0.2) is 0 Å². The number of amides is 2. The van der Waals surface area contributed by atoms with Crippen LogP contribution in [0.15, 0.2) is 42.5 Å². The lowest BCUT2D eigenvalue weighted by atomic mass is 10.2. The highest BCUT2D eigenvalue weighted by molar-refractivity contribution is 7.80. The van der Waals surface area contributed by atoms with Crippen molar-refractivity contribution in [3.05, 3.63) is 58.1 Å². The van der Waals surface area contributed by atoms with Gasteiger partial charge in [-0.2, -0.15) is 0 Å². The molecule has 0 aromatic heterocycles. The summed E-state index contributed by atoms with van der Waals surface area (Å²) >= 11 is 17.1. The van der Waals surface area contributed by atoms with Crippen LogP contribution in [0.4, 0.5) is 11.4 Å². The maximum atomic E-state index is 12.3. The molecule has 0 aliphatic carbocycles.